The Morgan fingerprint density at radius 1 is 0.944 bits per heavy atom. The summed E-state index contributed by atoms with van der Waals surface area (Å²) in [7, 11) is 0. The third-order valence-corrected chi connectivity index (χ3v) is 4.00. The highest BCUT2D eigenvalue weighted by molar-refractivity contribution is 5.57. The van der Waals surface area contributed by atoms with Crippen molar-refractivity contribution in [3.63, 3.8) is 0 Å². The van der Waals surface area contributed by atoms with Crippen molar-refractivity contribution in [1.29, 1.82) is 0 Å². The first kappa shape index (κ1) is 11.5. The van der Waals surface area contributed by atoms with Crippen molar-refractivity contribution in [2.45, 2.75) is 25.3 Å². The first-order chi connectivity index (χ1) is 8.86. The maximum absolute atomic E-state index is 10.5. The van der Waals surface area contributed by atoms with Crippen molar-refractivity contribution in [2.75, 3.05) is 36.0 Å². The molecular formula is C14H19N3O. The Balaban J connectivity index is 1.69. The van der Waals surface area contributed by atoms with E-state index in [9.17, 15) is 4.91 Å². The molecule has 3 rings (SSSR count). The zero-order chi connectivity index (χ0) is 12.4. The molecule has 1 aromatic rings. The number of rotatable bonds is 3. The Hall–Kier alpha value is -1.58. The van der Waals surface area contributed by atoms with Crippen LogP contribution < -0.4 is 9.80 Å². The second-order valence-electron chi connectivity index (χ2n) is 5.20. The first-order valence-electron chi connectivity index (χ1n) is 6.79. The lowest BCUT2D eigenvalue weighted by Crippen LogP contribution is -2.21. The minimum absolute atomic E-state index is 0.0248. The molecule has 4 heteroatoms. The second-order valence-corrected chi connectivity index (χ2v) is 5.20. The van der Waals surface area contributed by atoms with E-state index in [0.717, 1.165) is 19.5 Å². The summed E-state index contributed by atoms with van der Waals surface area (Å²) in [5, 5.41) is 3.14. The molecule has 2 fully saturated rings. The SMILES string of the molecule is O=NC1CCN(c2ccc(N3CCCC3)cc2)C1. The van der Waals surface area contributed by atoms with E-state index in [2.05, 4.69) is 39.2 Å². The molecular weight excluding hydrogens is 226 g/mol. The molecule has 2 heterocycles. The van der Waals surface area contributed by atoms with Crippen LogP contribution in [0.15, 0.2) is 29.4 Å². The normalized spacial score (nSPS) is 23.7. The summed E-state index contributed by atoms with van der Waals surface area (Å²) in [5.41, 5.74) is 2.53. The quantitative estimate of drug-likeness (QED) is 0.768. The zero-order valence-corrected chi connectivity index (χ0v) is 10.6. The number of benzene rings is 1. The molecule has 2 aliphatic heterocycles. The molecule has 1 aromatic carbocycles. The molecule has 0 N–H and O–H groups in total. The van der Waals surface area contributed by atoms with Crippen LogP contribution in [-0.2, 0) is 0 Å². The van der Waals surface area contributed by atoms with Gasteiger partial charge >= 0.3 is 0 Å². The summed E-state index contributed by atoms with van der Waals surface area (Å²) in [6.45, 7) is 4.08. The summed E-state index contributed by atoms with van der Waals surface area (Å²) in [6.07, 6.45) is 3.50. The summed E-state index contributed by atoms with van der Waals surface area (Å²) in [6, 6.07) is 8.70. The van der Waals surface area contributed by atoms with E-state index in [1.54, 1.807) is 0 Å². The van der Waals surface area contributed by atoms with Crippen molar-refractivity contribution < 1.29 is 0 Å². The van der Waals surface area contributed by atoms with Crippen LogP contribution in [0.2, 0.25) is 0 Å². The minimum Gasteiger partial charge on any atom is -0.372 e. The molecule has 0 aromatic heterocycles. The molecule has 18 heavy (non-hydrogen) atoms. The summed E-state index contributed by atoms with van der Waals surface area (Å²) in [5.74, 6) is 0. The largest absolute Gasteiger partial charge is 0.372 e. The van der Waals surface area contributed by atoms with E-state index >= 15 is 0 Å². The van der Waals surface area contributed by atoms with Crippen molar-refractivity contribution in [2.24, 2.45) is 5.18 Å². The van der Waals surface area contributed by atoms with Crippen LogP contribution in [0, 0.1) is 4.91 Å². The van der Waals surface area contributed by atoms with Crippen molar-refractivity contribution in [1.82, 2.24) is 0 Å². The van der Waals surface area contributed by atoms with E-state index < -0.39 is 0 Å². The molecule has 0 amide bonds. The number of hydrogen-bond donors (Lipinski definition) is 0. The van der Waals surface area contributed by atoms with Crippen molar-refractivity contribution >= 4 is 11.4 Å². The predicted molar refractivity (Wildman–Crippen MR) is 74.3 cm³/mol. The van der Waals surface area contributed by atoms with E-state index in [1.165, 1.54) is 37.3 Å². The lowest BCUT2D eigenvalue weighted by Gasteiger charge is -2.21. The standard InChI is InChI=1S/C14H19N3O/c18-15-12-7-10-17(11-12)14-5-3-13(4-6-14)16-8-1-2-9-16/h3-6,12H,1-2,7-11H2. The maximum Gasteiger partial charge on any atom is 0.111 e. The highest BCUT2D eigenvalue weighted by Gasteiger charge is 2.23. The second kappa shape index (κ2) is 4.96. The van der Waals surface area contributed by atoms with Crippen LogP contribution in [-0.4, -0.2) is 32.2 Å². The molecule has 0 bridgehead atoms. The van der Waals surface area contributed by atoms with Crippen LogP contribution in [0.5, 0.6) is 0 Å². The van der Waals surface area contributed by atoms with Gasteiger partial charge in [-0.25, -0.2) is 0 Å². The third kappa shape index (κ3) is 2.19. The van der Waals surface area contributed by atoms with Crippen LogP contribution in [0.4, 0.5) is 11.4 Å². The van der Waals surface area contributed by atoms with Gasteiger partial charge in [0.2, 0.25) is 0 Å². The number of nitrogens with zero attached hydrogens (tertiary/aromatic N) is 3. The molecule has 0 aliphatic carbocycles. The van der Waals surface area contributed by atoms with Gasteiger partial charge in [-0.1, -0.05) is 5.18 Å². The first-order valence-corrected chi connectivity index (χ1v) is 6.79. The fourth-order valence-corrected chi connectivity index (χ4v) is 2.91. The Morgan fingerprint density at radius 2 is 1.56 bits per heavy atom. The fraction of sp³-hybridized carbons (Fsp3) is 0.571. The Labute approximate surface area is 108 Å². The van der Waals surface area contributed by atoms with Crippen molar-refractivity contribution in [3.05, 3.63) is 29.2 Å². The van der Waals surface area contributed by atoms with Gasteiger partial charge in [-0.05, 0) is 43.5 Å². The molecule has 0 spiro atoms. The van der Waals surface area contributed by atoms with Gasteiger partial charge in [0.1, 0.15) is 6.04 Å². The molecule has 4 nitrogen and oxygen atoms in total. The van der Waals surface area contributed by atoms with Gasteiger partial charge in [-0.3, -0.25) is 0 Å². The van der Waals surface area contributed by atoms with Crippen LogP contribution in [0.3, 0.4) is 0 Å². The van der Waals surface area contributed by atoms with Crippen LogP contribution >= 0.6 is 0 Å². The van der Waals surface area contributed by atoms with Gasteiger partial charge in [0.05, 0.1) is 0 Å². The van der Waals surface area contributed by atoms with E-state index in [4.69, 9.17) is 0 Å². The van der Waals surface area contributed by atoms with Gasteiger partial charge in [-0.2, -0.15) is 4.91 Å². The van der Waals surface area contributed by atoms with Gasteiger partial charge in [0.25, 0.3) is 0 Å². The summed E-state index contributed by atoms with van der Waals surface area (Å²) < 4.78 is 0. The number of anilines is 2. The molecule has 1 atom stereocenters. The van der Waals surface area contributed by atoms with Gasteiger partial charge in [0, 0.05) is 37.6 Å². The molecule has 1 unspecified atom stereocenters. The van der Waals surface area contributed by atoms with Crippen molar-refractivity contribution in [3.8, 4) is 0 Å². The van der Waals surface area contributed by atoms with Gasteiger partial charge in [0.15, 0.2) is 0 Å². The smallest absolute Gasteiger partial charge is 0.111 e. The zero-order valence-electron chi connectivity index (χ0n) is 10.6. The minimum atomic E-state index is -0.0248. The highest BCUT2D eigenvalue weighted by atomic mass is 16.3. The Bertz CT molecular complexity index is 412. The highest BCUT2D eigenvalue weighted by Crippen LogP contribution is 2.26. The molecule has 96 valence electrons. The monoisotopic (exact) mass is 245 g/mol. The molecule has 0 radical (unpaired) electrons. The van der Waals surface area contributed by atoms with E-state index in [1.807, 2.05) is 0 Å². The maximum atomic E-state index is 10.5. The summed E-state index contributed by atoms with van der Waals surface area (Å²) in [4.78, 5) is 15.2. The van der Waals surface area contributed by atoms with Crippen LogP contribution in [0.25, 0.3) is 0 Å². The average molecular weight is 245 g/mol. The lowest BCUT2D eigenvalue weighted by molar-refractivity contribution is 0.748. The number of hydrogen-bond acceptors (Lipinski definition) is 4. The van der Waals surface area contributed by atoms with Gasteiger partial charge in [-0.15, -0.1) is 0 Å². The number of nitroso groups, excluding NO2 is 1. The van der Waals surface area contributed by atoms with E-state index in [0.29, 0.717) is 0 Å². The van der Waals surface area contributed by atoms with Gasteiger partial charge < -0.3 is 9.80 Å². The predicted octanol–water partition coefficient (Wildman–Crippen LogP) is 2.63. The fourth-order valence-electron chi connectivity index (χ4n) is 2.91. The Kier molecular flexibility index (Phi) is 3.17. The average Bonchev–Trinajstić information content (AvgIpc) is 3.10. The molecule has 2 saturated heterocycles. The lowest BCUT2D eigenvalue weighted by atomic mass is 10.2. The third-order valence-electron chi connectivity index (χ3n) is 4.00. The topological polar surface area (TPSA) is 35.9 Å². The summed E-state index contributed by atoms with van der Waals surface area (Å²) >= 11 is 0. The Morgan fingerprint density at radius 3 is 2.11 bits per heavy atom. The molecule has 0 saturated carbocycles. The molecule has 2 aliphatic rings. The van der Waals surface area contributed by atoms with E-state index in [-0.39, 0.29) is 6.04 Å². The van der Waals surface area contributed by atoms with Crippen LogP contribution in [0.1, 0.15) is 19.3 Å².